The van der Waals surface area contributed by atoms with Crippen LogP contribution in [-0.4, -0.2) is 39.4 Å². The van der Waals surface area contributed by atoms with E-state index < -0.39 is 0 Å². The van der Waals surface area contributed by atoms with Crippen LogP contribution in [0, 0.1) is 0 Å². The molecule has 0 radical (unpaired) electrons. The molecule has 0 aliphatic carbocycles. The Morgan fingerprint density at radius 3 is 2.32 bits per heavy atom. The molecule has 0 atom stereocenters. The summed E-state index contributed by atoms with van der Waals surface area (Å²) in [5.41, 5.74) is 9.60. The molecule has 2 aliphatic heterocycles. The van der Waals surface area contributed by atoms with E-state index in [1.54, 1.807) is 0 Å². The maximum Gasteiger partial charge on any atom is 0.0642 e. The fourth-order valence-corrected chi connectivity index (χ4v) is 2.98. The number of benzene rings is 1. The largest absolute Gasteiger partial charge is 0.397 e. The van der Waals surface area contributed by atoms with Crippen LogP contribution < -0.4 is 15.5 Å². The lowest BCUT2D eigenvalue weighted by Gasteiger charge is -2.32. The molecule has 104 valence electrons. The summed E-state index contributed by atoms with van der Waals surface area (Å²) in [7, 11) is 0. The molecule has 4 nitrogen and oxygen atoms in total. The van der Waals surface area contributed by atoms with Gasteiger partial charge in [-0.05, 0) is 37.5 Å². The van der Waals surface area contributed by atoms with E-state index >= 15 is 0 Å². The van der Waals surface area contributed by atoms with Gasteiger partial charge in [-0.15, -0.1) is 0 Å². The Hall–Kier alpha value is -1.42. The lowest BCUT2D eigenvalue weighted by molar-refractivity contribution is 0.122. The Labute approximate surface area is 115 Å². The van der Waals surface area contributed by atoms with E-state index in [1.807, 2.05) is 0 Å². The second kappa shape index (κ2) is 5.70. The number of rotatable bonds is 2. The quantitative estimate of drug-likeness (QED) is 0.828. The van der Waals surface area contributed by atoms with Gasteiger partial charge < -0.3 is 20.3 Å². The van der Waals surface area contributed by atoms with Crippen molar-refractivity contribution in [1.82, 2.24) is 0 Å². The summed E-state index contributed by atoms with van der Waals surface area (Å²) in [4.78, 5) is 4.77. The third kappa shape index (κ3) is 2.78. The molecule has 2 aliphatic rings. The van der Waals surface area contributed by atoms with Crippen molar-refractivity contribution in [2.45, 2.75) is 19.3 Å². The Morgan fingerprint density at radius 2 is 1.63 bits per heavy atom. The number of hydrogen-bond acceptors (Lipinski definition) is 4. The van der Waals surface area contributed by atoms with Crippen LogP contribution in [0.3, 0.4) is 0 Å². The van der Waals surface area contributed by atoms with Crippen LogP contribution in [0.5, 0.6) is 0 Å². The predicted molar refractivity (Wildman–Crippen MR) is 80.0 cm³/mol. The molecule has 1 aromatic carbocycles. The number of ether oxygens (including phenoxy) is 1. The highest BCUT2D eigenvalue weighted by atomic mass is 16.5. The molecule has 0 amide bonds. The Bertz CT molecular complexity index is 423. The van der Waals surface area contributed by atoms with E-state index in [1.165, 1.54) is 30.6 Å². The number of nitrogens with zero attached hydrogens (tertiary/aromatic N) is 2. The molecule has 2 saturated heterocycles. The summed E-state index contributed by atoms with van der Waals surface area (Å²) < 4.78 is 5.39. The first-order valence-corrected chi connectivity index (χ1v) is 7.32. The monoisotopic (exact) mass is 261 g/mol. The fourth-order valence-electron chi connectivity index (χ4n) is 2.98. The number of morpholine rings is 1. The van der Waals surface area contributed by atoms with Gasteiger partial charge in [0.25, 0.3) is 0 Å². The lowest BCUT2D eigenvalue weighted by atomic mass is 10.1. The molecule has 19 heavy (non-hydrogen) atoms. The van der Waals surface area contributed by atoms with Gasteiger partial charge in [0.05, 0.1) is 24.6 Å². The van der Waals surface area contributed by atoms with Gasteiger partial charge in [0, 0.05) is 31.9 Å². The zero-order valence-electron chi connectivity index (χ0n) is 11.5. The third-order valence-electron chi connectivity index (χ3n) is 4.08. The highest BCUT2D eigenvalue weighted by Gasteiger charge is 2.16. The third-order valence-corrected chi connectivity index (χ3v) is 4.08. The molecule has 0 bridgehead atoms. The topological polar surface area (TPSA) is 41.7 Å². The van der Waals surface area contributed by atoms with Crippen LogP contribution in [0.15, 0.2) is 18.2 Å². The highest BCUT2D eigenvalue weighted by Crippen LogP contribution is 2.30. The first-order chi connectivity index (χ1) is 9.34. The summed E-state index contributed by atoms with van der Waals surface area (Å²) in [6.45, 7) is 5.83. The standard InChI is InChI=1S/C15H23N3O/c16-14-12-13(17-8-10-19-11-9-17)4-5-15(14)18-6-2-1-3-7-18/h4-5,12H,1-3,6-11,16H2. The minimum absolute atomic E-state index is 0.813. The van der Waals surface area contributed by atoms with Gasteiger partial charge in [-0.25, -0.2) is 0 Å². The van der Waals surface area contributed by atoms with E-state index in [9.17, 15) is 0 Å². The van der Waals surface area contributed by atoms with Crippen LogP contribution in [0.1, 0.15) is 19.3 Å². The van der Waals surface area contributed by atoms with Crippen molar-refractivity contribution in [1.29, 1.82) is 0 Å². The number of nitrogens with two attached hydrogens (primary N) is 1. The molecule has 2 heterocycles. The predicted octanol–water partition coefficient (Wildman–Crippen LogP) is 2.10. The molecule has 2 N–H and O–H groups in total. The number of nitrogen functional groups attached to an aromatic ring is 1. The average molecular weight is 261 g/mol. The summed E-state index contributed by atoms with van der Waals surface area (Å²) in [6, 6.07) is 6.51. The molecular weight excluding hydrogens is 238 g/mol. The van der Waals surface area contributed by atoms with Crippen molar-refractivity contribution >= 4 is 17.1 Å². The Balaban J connectivity index is 1.76. The Morgan fingerprint density at radius 1 is 0.895 bits per heavy atom. The minimum atomic E-state index is 0.813. The molecule has 2 fully saturated rings. The number of anilines is 3. The van der Waals surface area contributed by atoms with Crippen LogP contribution in [0.2, 0.25) is 0 Å². The van der Waals surface area contributed by atoms with Crippen molar-refractivity contribution in [2.24, 2.45) is 0 Å². The Kier molecular flexibility index (Phi) is 3.78. The average Bonchev–Trinajstić information content (AvgIpc) is 2.49. The number of hydrogen-bond donors (Lipinski definition) is 1. The van der Waals surface area contributed by atoms with Gasteiger partial charge >= 0.3 is 0 Å². The van der Waals surface area contributed by atoms with Crippen molar-refractivity contribution in [3.8, 4) is 0 Å². The van der Waals surface area contributed by atoms with Gasteiger partial charge in [-0.2, -0.15) is 0 Å². The zero-order chi connectivity index (χ0) is 13.1. The summed E-state index contributed by atoms with van der Waals surface area (Å²) >= 11 is 0. The van der Waals surface area contributed by atoms with E-state index in [0.29, 0.717) is 0 Å². The molecule has 0 unspecified atom stereocenters. The first kappa shape index (κ1) is 12.6. The van der Waals surface area contributed by atoms with Crippen LogP contribution >= 0.6 is 0 Å². The molecule has 3 rings (SSSR count). The van der Waals surface area contributed by atoms with Crippen LogP contribution in [-0.2, 0) is 4.74 Å². The van der Waals surface area contributed by atoms with Gasteiger partial charge in [0.15, 0.2) is 0 Å². The van der Waals surface area contributed by atoms with Crippen molar-refractivity contribution in [3.63, 3.8) is 0 Å². The van der Waals surface area contributed by atoms with Gasteiger partial charge in [0.2, 0.25) is 0 Å². The minimum Gasteiger partial charge on any atom is -0.397 e. The van der Waals surface area contributed by atoms with E-state index in [-0.39, 0.29) is 0 Å². The lowest BCUT2D eigenvalue weighted by Crippen LogP contribution is -2.36. The van der Waals surface area contributed by atoms with E-state index in [0.717, 1.165) is 45.1 Å². The van der Waals surface area contributed by atoms with Gasteiger partial charge in [-0.3, -0.25) is 0 Å². The normalized spacial score (nSPS) is 20.6. The zero-order valence-corrected chi connectivity index (χ0v) is 11.5. The van der Waals surface area contributed by atoms with E-state index in [2.05, 4.69) is 28.0 Å². The summed E-state index contributed by atoms with van der Waals surface area (Å²) in [6.07, 6.45) is 3.91. The second-order valence-corrected chi connectivity index (χ2v) is 5.39. The van der Waals surface area contributed by atoms with E-state index in [4.69, 9.17) is 10.5 Å². The highest BCUT2D eigenvalue weighted by molar-refractivity contribution is 5.73. The van der Waals surface area contributed by atoms with Gasteiger partial charge in [0.1, 0.15) is 0 Å². The van der Waals surface area contributed by atoms with Crippen molar-refractivity contribution in [3.05, 3.63) is 18.2 Å². The molecule has 0 spiro atoms. The van der Waals surface area contributed by atoms with Crippen molar-refractivity contribution < 1.29 is 4.74 Å². The maximum absolute atomic E-state index is 6.26. The van der Waals surface area contributed by atoms with Crippen LogP contribution in [0.25, 0.3) is 0 Å². The first-order valence-electron chi connectivity index (χ1n) is 7.32. The van der Waals surface area contributed by atoms with Gasteiger partial charge in [-0.1, -0.05) is 0 Å². The summed E-state index contributed by atoms with van der Waals surface area (Å²) in [5.74, 6) is 0. The SMILES string of the molecule is Nc1cc(N2CCOCC2)ccc1N1CCCCC1. The molecule has 0 saturated carbocycles. The summed E-state index contributed by atoms with van der Waals surface area (Å²) in [5, 5.41) is 0. The second-order valence-electron chi connectivity index (χ2n) is 5.39. The van der Waals surface area contributed by atoms with Crippen LogP contribution in [0.4, 0.5) is 17.1 Å². The maximum atomic E-state index is 6.26. The smallest absolute Gasteiger partial charge is 0.0642 e. The molecule has 0 aromatic heterocycles. The molecule has 1 aromatic rings. The molecule has 4 heteroatoms. The van der Waals surface area contributed by atoms with Crippen molar-refractivity contribution in [2.75, 3.05) is 54.9 Å². The number of piperidine rings is 1. The fraction of sp³-hybridized carbons (Fsp3) is 0.600. The molecular formula is C15H23N3O.